The average molecular weight is 418 g/mol. The van der Waals surface area contributed by atoms with Crippen molar-refractivity contribution >= 4 is 34.0 Å². The van der Waals surface area contributed by atoms with Crippen molar-refractivity contribution in [1.82, 2.24) is 4.98 Å². The Bertz CT molecular complexity index is 1130. The monoisotopic (exact) mass is 417 g/mol. The molecule has 2 heterocycles. The van der Waals surface area contributed by atoms with Gasteiger partial charge in [-0.1, -0.05) is 30.7 Å². The van der Waals surface area contributed by atoms with Crippen molar-refractivity contribution in [2.45, 2.75) is 32.6 Å². The van der Waals surface area contributed by atoms with Gasteiger partial charge in [-0.25, -0.2) is 4.98 Å². The number of carbonyl (C=O) groups is 2. The predicted molar refractivity (Wildman–Crippen MR) is 120 cm³/mol. The van der Waals surface area contributed by atoms with Crippen molar-refractivity contribution in [3.05, 3.63) is 64.5 Å². The summed E-state index contributed by atoms with van der Waals surface area (Å²) < 4.78 is 0. The number of amides is 2. The third-order valence-corrected chi connectivity index (χ3v) is 6.86. The van der Waals surface area contributed by atoms with E-state index in [1.165, 1.54) is 11.3 Å². The molecule has 1 N–H and O–H groups in total. The molecule has 0 saturated heterocycles. The van der Waals surface area contributed by atoms with E-state index < -0.39 is 0 Å². The molecule has 1 aliphatic heterocycles. The van der Waals surface area contributed by atoms with E-state index in [1.54, 1.807) is 0 Å². The predicted octanol–water partition coefficient (Wildman–Crippen LogP) is 5.06. The Morgan fingerprint density at radius 2 is 2.00 bits per heavy atom. The second kappa shape index (κ2) is 7.69. The van der Waals surface area contributed by atoms with Gasteiger partial charge in [-0.2, -0.15) is 0 Å². The van der Waals surface area contributed by atoms with E-state index in [9.17, 15) is 9.59 Å². The summed E-state index contributed by atoms with van der Waals surface area (Å²) in [6.45, 7) is 2.66. The molecule has 5 nitrogen and oxygen atoms in total. The fourth-order valence-corrected chi connectivity index (χ4v) is 4.79. The highest BCUT2D eigenvalue weighted by molar-refractivity contribution is 7.14. The molecule has 0 unspecified atom stereocenters. The second-order valence-corrected chi connectivity index (χ2v) is 8.88. The molecule has 2 aliphatic rings. The number of aromatic nitrogens is 1. The molecule has 1 aromatic heterocycles. The van der Waals surface area contributed by atoms with Gasteiger partial charge in [0.15, 0.2) is 5.13 Å². The maximum Gasteiger partial charge on any atom is 0.258 e. The molecule has 0 radical (unpaired) electrons. The minimum atomic E-state index is 0.0502. The summed E-state index contributed by atoms with van der Waals surface area (Å²) in [5.41, 5.74) is 5.74. The maximum absolute atomic E-state index is 13.1. The molecule has 2 aromatic carbocycles. The van der Waals surface area contributed by atoms with Crippen LogP contribution >= 0.6 is 11.3 Å². The normalized spacial score (nSPS) is 15.6. The fourth-order valence-electron chi connectivity index (χ4n) is 4.07. The number of hydrogen-bond acceptors (Lipinski definition) is 4. The largest absolute Gasteiger partial charge is 0.308 e. The fraction of sp³-hybridized carbons (Fsp3) is 0.292. The Morgan fingerprint density at radius 1 is 1.17 bits per heavy atom. The molecule has 2 amide bonds. The Hall–Kier alpha value is -2.99. The first-order valence-electron chi connectivity index (χ1n) is 10.4. The summed E-state index contributed by atoms with van der Waals surface area (Å²) >= 11 is 1.45. The number of carbonyl (C=O) groups excluding carboxylic acids is 2. The van der Waals surface area contributed by atoms with E-state index in [-0.39, 0.29) is 17.7 Å². The number of anilines is 2. The molecular weight excluding hydrogens is 394 g/mol. The van der Waals surface area contributed by atoms with Gasteiger partial charge < -0.3 is 10.2 Å². The highest BCUT2D eigenvalue weighted by atomic mass is 32.1. The second-order valence-electron chi connectivity index (χ2n) is 8.02. The van der Waals surface area contributed by atoms with Crippen molar-refractivity contribution in [3.8, 4) is 11.3 Å². The molecule has 152 valence electrons. The van der Waals surface area contributed by atoms with Crippen molar-refractivity contribution in [3.63, 3.8) is 0 Å². The lowest BCUT2D eigenvalue weighted by Gasteiger charge is -2.23. The molecule has 0 atom stereocenters. The van der Waals surface area contributed by atoms with Crippen molar-refractivity contribution in [2.24, 2.45) is 5.92 Å². The summed E-state index contributed by atoms with van der Waals surface area (Å²) in [7, 11) is 0. The lowest BCUT2D eigenvalue weighted by Crippen LogP contribution is -2.29. The number of hydrogen-bond donors (Lipinski definition) is 1. The van der Waals surface area contributed by atoms with E-state index in [4.69, 9.17) is 0 Å². The van der Waals surface area contributed by atoms with Gasteiger partial charge in [0.25, 0.3) is 5.91 Å². The molecular formula is C24H23N3O2S. The van der Waals surface area contributed by atoms with Crippen LogP contribution in [-0.4, -0.2) is 23.3 Å². The van der Waals surface area contributed by atoms with Gasteiger partial charge >= 0.3 is 0 Å². The number of fused-ring (bicyclic) bond motifs is 1. The average Bonchev–Trinajstić information content (AvgIpc) is 3.33. The van der Waals surface area contributed by atoms with Crippen LogP contribution in [0, 0.1) is 12.8 Å². The van der Waals surface area contributed by atoms with Crippen molar-refractivity contribution in [1.29, 1.82) is 0 Å². The van der Waals surface area contributed by atoms with Crippen LogP contribution in [-0.2, 0) is 11.2 Å². The van der Waals surface area contributed by atoms with Gasteiger partial charge in [-0.05, 0) is 55.5 Å². The van der Waals surface area contributed by atoms with Crippen LogP contribution in [0.1, 0.15) is 40.7 Å². The smallest absolute Gasteiger partial charge is 0.258 e. The molecule has 30 heavy (non-hydrogen) atoms. The number of benzene rings is 2. The third-order valence-electron chi connectivity index (χ3n) is 6.10. The lowest BCUT2D eigenvalue weighted by atomic mass is 9.85. The number of nitrogens with zero attached hydrogens (tertiary/aromatic N) is 2. The lowest BCUT2D eigenvalue weighted by molar-refractivity contribution is -0.122. The first kappa shape index (κ1) is 19.0. The zero-order chi connectivity index (χ0) is 20.7. The molecule has 6 heteroatoms. The van der Waals surface area contributed by atoms with Crippen LogP contribution in [0.3, 0.4) is 0 Å². The van der Waals surface area contributed by atoms with Crippen LogP contribution < -0.4 is 10.2 Å². The minimum absolute atomic E-state index is 0.0502. The standard InChI is InChI=1S/C24H23N3O2S/c1-15-5-2-3-8-19(15)23(29)27-12-11-18-13-17(9-10-21(18)27)20-14-30-24(25-20)26-22(28)16-6-4-7-16/h2-3,5,8-10,13-14,16H,4,6-7,11-12H2,1H3,(H,25,26,28). The number of rotatable bonds is 4. The van der Waals surface area contributed by atoms with E-state index in [2.05, 4.69) is 16.4 Å². The zero-order valence-electron chi connectivity index (χ0n) is 16.9. The summed E-state index contributed by atoms with van der Waals surface area (Å²) in [5.74, 6) is 0.282. The summed E-state index contributed by atoms with van der Waals surface area (Å²) in [6, 6.07) is 13.9. The van der Waals surface area contributed by atoms with Crippen LogP contribution in [0.25, 0.3) is 11.3 Å². The zero-order valence-corrected chi connectivity index (χ0v) is 17.7. The molecule has 0 spiro atoms. The minimum Gasteiger partial charge on any atom is -0.308 e. The topological polar surface area (TPSA) is 62.3 Å². The van der Waals surface area contributed by atoms with Crippen LogP contribution in [0.2, 0.25) is 0 Å². The molecule has 5 rings (SSSR count). The van der Waals surface area contributed by atoms with Gasteiger partial charge in [0, 0.05) is 34.7 Å². The maximum atomic E-state index is 13.1. The highest BCUT2D eigenvalue weighted by Crippen LogP contribution is 2.35. The summed E-state index contributed by atoms with van der Waals surface area (Å²) in [4.78, 5) is 31.7. The number of nitrogens with one attached hydrogen (secondary N) is 1. The SMILES string of the molecule is Cc1ccccc1C(=O)N1CCc2cc(-c3csc(NC(=O)C4CCC4)n3)ccc21. The van der Waals surface area contributed by atoms with Crippen molar-refractivity contribution in [2.75, 3.05) is 16.8 Å². The first-order chi connectivity index (χ1) is 14.6. The van der Waals surface area contributed by atoms with Crippen LogP contribution in [0.4, 0.5) is 10.8 Å². The van der Waals surface area contributed by atoms with E-state index in [0.717, 1.165) is 59.3 Å². The van der Waals surface area contributed by atoms with Gasteiger partial charge in [0.05, 0.1) is 5.69 Å². The number of thiazole rings is 1. The summed E-state index contributed by atoms with van der Waals surface area (Å²) in [6.07, 6.45) is 3.93. The first-order valence-corrected chi connectivity index (χ1v) is 11.3. The quantitative estimate of drug-likeness (QED) is 0.645. The Kier molecular flexibility index (Phi) is 4.87. The molecule has 3 aromatic rings. The number of aryl methyl sites for hydroxylation is 1. The highest BCUT2D eigenvalue weighted by Gasteiger charge is 2.27. The summed E-state index contributed by atoms with van der Waals surface area (Å²) in [5, 5.41) is 5.57. The van der Waals surface area contributed by atoms with Gasteiger partial charge in [-0.15, -0.1) is 11.3 Å². The van der Waals surface area contributed by atoms with Crippen LogP contribution in [0.5, 0.6) is 0 Å². The van der Waals surface area contributed by atoms with E-state index in [1.807, 2.05) is 53.6 Å². The Balaban J connectivity index is 1.35. The van der Waals surface area contributed by atoms with Crippen molar-refractivity contribution < 1.29 is 9.59 Å². The molecule has 1 aliphatic carbocycles. The van der Waals surface area contributed by atoms with E-state index in [0.29, 0.717) is 11.7 Å². The van der Waals surface area contributed by atoms with Crippen LogP contribution in [0.15, 0.2) is 47.8 Å². The molecule has 1 fully saturated rings. The third kappa shape index (κ3) is 3.41. The molecule has 0 bridgehead atoms. The molecule has 1 saturated carbocycles. The van der Waals surface area contributed by atoms with Gasteiger partial charge in [0.1, 0.15) is 0 Å². The van der Waals surface area contributed by atoms with E-state index >= 15 is 0 Å². The van der Waals surface area contributed by atoms with Gasteiger partial charge in [-0.3, -0.25) is 9.59 Å². The Morgan fingerprint density at radius 3 is 2.77 bits per heavy atom. The van der Waals surface area contributed by atoms with Gasteiger partial charge in [0.2, 0.25) is 5.91 Å². The Labute approximate surface area is 179 Å².